The van der Waals surface area contributed by atoms with E-state index in [1.165, 1.54) is 11.3 Å². The number of nitrogens with zero attached hydrogens (tertiary/aromatic N) is 1. The number of carboxylic acid groups (broad SMARTS) is 1. The molecule has 0 aliphatic heterocycles. The molecular formula is C10H15NO3S. The Kier molecular flexibility index (Phi) is 4.74. The summed E-state index contributed by atoms with van der Waals surface area (Å²) in [7, 11) is 3.60. The third-order valence-electron chi connectivity index (χ3n) is 2.06. The number of thiophene rings is 1. The molecule has 0 radical (unpaired) electrons. The van der Waals surface area contributed by atoms with Crippen LogP contribution in [0.3, 0.4) is 0 Å². The number of likely N-dealkylation sites (N-methyl/N-ethyl adjacent to an activating group) is 1. The number of aromatic carboxylic acids is 1. The summed E-state index contributed by atoms with van der Waals surface area (Å²) in [5, 5.41) is 10.7. The SMILES string of the molecule is COCCN(C)Cc1ccsc1C(=O)O. The zero-order chi connectivity index (χ0) is 11.3. The van der Waals surface area contributed by atoms with E-state index < -0.39 is 5.97 Å². The highest BCUT2D eigenvalue weighted by Crippen LogP contribution is 2.17. The number of ether oxygens (including phenoxy) is 1. The molecule has 0 atom stereocenters. The average molecular weight is 229 g/mol. The summed E-state index contributed by atoms with van der Waals surface area (Å²) >= 11 is 1.27. The molecule has 0 saturated heterocycles. The lowest BCUT2D eigenvalue weighted by Gasteiger charge is -2.15. The maximum Gasteiger partial charge on any atom is 0.346 e. The van der Waals surface area contributed by atoms with E-state index >= 15 is 0 Å². The van der Waals surface area contributed by atoms with E-state index in [9.17, 15) is 4.79 Å². The molecule has 4 nitrogen and oxygen atoms in total. The smallest absolute Gasteiger partial charge is 0.346 e. The summed E-state index contributed by atoms with van der Waals surface area (Å²) < 4.78 is 4.95. The summed E-state index contributed by atoms with van der Waals surface area (Å²) in [6.45, 7) is 2.10. The molecule has 0 fully saturated rings. The minimum absolute atomic E-state index is 0.430. The zero-order valence-electron chi connectivity index (χ0n) is 8.90. The normalized spacial score (nSPS) is 10.9. The van der Waals surface area contributed by atoms with Crippen LogP contribution in [0.15, 0.2) is 11.4 Å². The lowest BCUT2D eigenvalue weighted by Crippen LogP contribution is -2.22. The van der Waals surface area contributed by atoms with E-state index in [1.54, 1.807) is 7.11 Å². The van der Waals surface area contributed by atoms with Gasteiger partial charge in [0.2, 0.25) is 0 Å². The molecule has 0 amide bonds. The Hall–Kier alpha value is -0.910. The van der Waals surface area contributed by atoms with E-state index in [1.807, 2.05) is 23.4 Å². The van der Waals surface area contributed by atoms with Gasteiger partial charge in [0.15, 0.2) is 0 Å². The first-order valence-electron chi connectivity index (χ1n) is 4.62. The van der Waals surface area contributed by atoms with Gasteiger partial charge in [-0.05, 0) is 24.1 Å². The second-order valence-corrected chi connectivity index (χ2v) is 4.23. The largest absolute Gasteiger partial charge is 0.477 e. The van der Waals surface area contributed by atoms with Gasteiger partial charge in [-0.25, -0.2) is 4.79 Å². The Labute approximate surface area is 93.1 Å². The molecule has 0 unspecified atom stereocenters. The summed E-state index contributed by atoms with van der Waals surface area (Å²) in [6, 6.07) is 1.86. The minimum Gasteiger partial charge on any atom is -0.477 e. The van der Waals surface area contributed by atoms with Gasteiger partial charge in [0.1, 0.15) is 4.88 Å². The molecule has 0 aromatic carbocycles. The van der Waals surface area contributed by atoms with E-state index in [-0.39, 0.29) is 0 Å². The van der Waals surface area contributed by atoms with Crippen LogP contribution in [0.2, 0.25) is 0 Å². The highest BCUT2D eigenvalue weighted by atomic mass is 32.1. The number of hydrogen-bond donors (Lipinski definition) is 1. The number of rotatable bonds is 6. The van der Waals surface area contributed by atoms with Gasteiger partial charge in [-0.3, -0.25) is 4.90 Å². The lowest BCUT2D eigenvalue weighted by molar-refractivity contribution is 0.0700. The minimum atomic E-state index is -0.847. The third kappa shape index (κ3) is 3.62. The molecule has 0 bridgehead atoms. The number of hydrogen-bond acceptors (Lipinski definition) is 4. The van der Waals surface area contributed by atoms with Gasteiger partial charge in [0, 0.05) is 20.2 Å². The van der Waals surface area contributed by atoms with Crippen LogP contribution in [-0.2, 0) is 11.3 Å². The summed E-state index contributed by atoms with van der Waals surface area (Å²) in [4.78, 5) is 13.3. The van der Waals surface area contributed by atoms with E-state index in [0.29, 0.717) is 18.0 Å². The predicted octanol–water partition coefficient (Wildman–Crippen LogP) is 1.52. The highest BCUT2D eigenvalue weighted by molar-refractivity contribution is 7.12. The Morgan fingerprint density at radius 3 is 3.00 bits per heavy atom. The van der Waals surface area contributed by atoms with Gasteiger partial charge in [-0.15, -0.1) is 11.3 Å². The number of methoxy groups -OCH3 is 1. The van der Waals surface area contributed by atoms with Gasteiger partial charge in [0.05, 0.1) is 6.61 Å². The Bertz CT molecular complexity index is 324. The van der Waals surface area contributed by atoms with Crippen LogP contribution in [0.5, 0.6) is 0 Å². The van der Waals surface area contributed by atoms with Crippen molar-refractivity contribution >= 4 is 17.3 Å². The quantitative estimate of drug-likeness (QED) is 0.803. The van der Waals surface area contributed by atoms with Crippen molar-refractivity contribution in [2.45, 2.75) is 6.54 Å². The molecule has 1 N–H and O–H groups in total. The van der Waals surface area contributed by atoms with Crippen LogP contribution in [-0.4, -0.2) is 43.3 Å². The second-order valence-electron chi connectivity index (χ2n) is 3.31. The van der Waals surface area contributed by atoms with Crippen molar-refractivity contribution in [1.82, 2.24) is 4.90 Å². The van der Waals surface area contributed by atoms with Crippen molar-refractivity contribution in [1.29, 1.82) is 0 Å². The van der Waals surface area contributed by atoms with Crippen molar-refractivity contribution in [3.63, 3.8) is 0 Å². The Balaban J connectivity index is 2.56. The first-order valence-corrected chi connectivity index (χ1v) is 5.50. The monoisotopic (exact) mass is 229 g/mol. The lowest BCUT2D eigenvalue weighted by atomic mass is 10.2. The van der Waals surface area contributed by atoms with Crippen molar-refractivity contribution in [3.05, 3.63) is 21.9 Å². The fraction of sp³-hybridized carbons (Fsp3) is 0.500. The number of carbonyl (C=O) groups is 1. The molecule has 1 rings (SSSR count). The van der Waals surface area contributed by atoms with Crippen LogP contribution in [0.4, 0.5) is 0 Å². The van der Waals surface area contributed by atoms with Crippen LogP contribution < -0.4 is 0 Å². The topological polar surface area (TPSA) is 49.8 Å². The van der Waals surface area contributed by atoms with Crippen LogP contribution in [0.1, 0.15) is 15.2 Å². The van der Waals surface area contributed by atoms with Gasteiger partial charge < -0.3 is 9.84 Å². The first-order chi connectivity index (χ1) is 7.15. The standard InChI is InChI=1S/C10H15NO3S/c1-11(4-5-14-2)7-8-3-6-15-9(8)10(12)13/h3,6H,4-5,7H2,1-2H3,(H,12,13). The summed E-state index contributed by atoms with van der Waals surface area (Å²) in [5.74, 6) is -0.847. The maximum atomic E-state index is 10.8. The van der Waals surface area contributed by atoms with Crippen molar-refractivity contribution in [2.24, 2.45) is 0 Å². The Morgan fingerprint density at radius 1 is 1.67 bits per heavy atom. The molecule has 1 aromatic rings. The molecule has 0 aliphatic carbocycles. The molecule has 0 saturated carbocycles. The molecular weight excluding hydrogens is 214 g/mol. The second kappa shape index (κ2) is 5.85. The van der Waals surface area contributed by atoms with Gasteiger partial charge in [0.25, 0.3) is 0 Å². The highest BCUT2D eigenvalue weighted by Gasteiger charge is 2.12. The molecule has 1 aromatic heterocycles. The van der Waals surface area contributed by atoms with Crippen LogP contribution in [0.25, 0.3) is 0 Å². The molecule has 0 aliphatic rings. The van der Waals surface area contributed by atoms with Gasteiger partial charge in [-0.2, -0.15) is 0 Å². The predicted molar refractivity (Wildman–Crippen MR) is 59.5 cm³/mol. The van der Waals surface area contributed by atoms with Gasteiger partial charge >= 0.3 is 5.97 Å². The van der Waals surface area contributed by atoms with Crippen molar-refractivity contribution in [2.75, 3.05) is 27.3 Å². The first kappa shape index (κ1) is 12.2. The van der Waals surface area contributed by atoms with E-state index in [4.69, 9.17) is 9.84 Å². The number of carboxylic acids is 1. The van der Waals surface area contributed by atoms with Gasteiger partial charge in [-0.1, -0.05) is 0 Å². The van der Waals surface area contributed by atoms with Crippen molar-refractivity contribution < 1.29 is 14.6 Å². The zero-order valence-corrected chi connectivity index (χ0v) is 9.71. The third-order valence-corrected chi connectivity index (χ3v) is 3.00. The average Bonchev–Trinajstić information content (AvgIpc) is 2.62. The van der Waals surface area contributed by atoms with E-state index in [0.717, 1.165) is 12.1 Å². The Morgan fingerprint density at radius 2 is 2.40 bits per heavy atom. The fourth-order valence-corrected chi connectivity index (χ4v) is 2.02. The summed E-state index contributed by atoms with van der Waals surface area (Å²) in [5.41, 5.74) is 0.867. The molecule has 1 heterocycles. The van der Waals surface area contributed by atoms with E-state index in [2.05, 4.69) is 0 Å². The molecule has 0 spiro atoms. The molecule has 15 heavy (non-hydrogen) atoms. The van der Waals surface area contributed by atoms with Crippen LogP contribution >= 0.6 is 11.3 Å². The molecule has 5 heteroatoms. The fourth-order valence-electron chi connectivity index (χ4n) is 1.26. The summed E-state index contributed by atoms with van der Waals surface area (Å²) in [6.07, 6.45) is 0. The van der Waals surface area contributed by atoms with Crippen molar-refractivity contribution in [3.8, 4) is 0 Å². The molecule has 84 valence electrons. The maximum absolute atomic E-state index is 10.8. The van der Waals surface area contributed by atoms with Crippen LogP contribution in [0, 0.1) is 0 Å².